The second-order valence-corrected chi connectivity index (χ2v) is 5.72. The summed E-state index contributed by atoms with van der Waals surface area (Å²) in [6, 6.07) is 1.57. The normalized spacial score (nSPS) is 11.4. The van der Waals surface area contributed by atoms with Crippen LogP contribution in [-0.2, 0) is 19.7 Å². The quantitative estimate of drug-likeness (QED) is 0.771. The van der Waals surface area contributed by atoms with E-state index in [0.717, 1.165) is 4.31 Å². The van der Waals surface area contributed by atoms with Crippen LogP contribution in [0.1, 0.15) is 12.0 Å². The molecule has 0 bridgehead atoms. The molecule has 0 aliphatic rings. The van der Waals surface area contributed by atoms with E-state index < -0.39 is 16.2 Å². The molecule has 0 aliphatic carbocycles. The van der Waals surface area contributed by atoms with E-state index in [1.165, 1.54) is 20.4 Å². The Morgan fingerprint density at radius 3 is 2.79 bits per heavy atom. The van der Waals surface area contributed by atoms with Gasteiger partial charge in [-0.1, -0.05) is 0 Å². The van der Waals surface area contributed by atoms with Crippen LogP contribution in [0.15, 0.2) is 18.5 Å². The lowest BCUT2D eigenvalue weighted by Crippen LogP contribution is -2.34. The summed E-state index contributed by atoms with van der Waals surface area (Å²) in [4.78, 5) is 14.9. The number of carbonyl (C=O) groups is 1. The van der Waals surface area contributed by atoms with E-state index in [4.69, 9.17) is 0 Å². The zero-order valence-electron chi connectivity index (χ0n) is 11.1. The summed E-state index contributed by atoms with van der Waals surface area (Å²) < 4.78 is 31.9. The van der Waals surface area contributed by atoms with Crippen molar-refractivity contribution in [3.8, 4) is 0 Å². The topological polar surface area (TPSA) is 88.6 Å². The van der Waals surface area contributed by atoms with Crippen molar-refractivity contribution in [2.75, 3.05) is 25.4 Å². The number of nitrogens with zero attached hydrogens (tertiary/aromatic N) is 2. The monoisotopic (exact) mass is 287 g/mol. The van der Waals surface area contributed by atoms with E-state index in [0.29, 0.717) is 11.3 Å². The number of aryl methyl sites for hydroxylation is 1. The van der Waals surface area contributed by atoms with E-state index >= 15 is 0 Å². The molecule has 7 nitrogen and oxygen atoms in total. The first-order valence-corrected chi connectivity index (χ1v) is 7.02. The third-order valence-electron chi connectivity index (χ3n) is 2.53. The maximum atomic E-state index is 12.0. The van der Waals surface area contributed by atoms with Crippen LogP contribution < -0.4 is 4.72 Å². The van der Waals surface area contributed by atoms with Crippen molar-refractivity contribution in [3.63, 3.8) is 0 Å². The lowest BCUT2D eigenvalue weighted by Gasteiger charge is -2.18. The number of aromatic nitrogens is 1. The SMILES string of the molecule is COC(=O)CCN(C)S(=O)(=O)Nc1ccncc1C. The Morgan fingerprint density at radius 1 is 1.53 bits per heavy atom. The number of methoxy groups -OCH3 is 1. The molecule has 8 heteroatoms. The van der Waals surface area contributed by atoms with E-state index in [2.05, 4.69) is 14.4 Å². The molecule has 0 saturated heterocycles. The lowest BCUT2D eigenvalue weighted by molar-refractivity contribution is -0.140. The Bertz CT molecular complexity index is 545. The average Bonchev–Trinajstić information content (AvgIpc) is 2.37. The molecular weight excluding hydrogens is 270 g/mol. The highest BCUT2D eigenvalue weighted by molar-refractivity contribution is 7.90. The van der Waals surface area contributed by atoms with E-state index in [-0.39, 0.29) is 13.0 Å². The van der Waals surface area contributed by atoms with Gasteiger partial charge < -0.3 is 4.74 Å². The molecule has 0 spiro atoms. The summed E-state index contributed by atoms with van der Waals surface area (Å²) in [5.41, 5.74) is 1.17. The maximum absolute atomic E-state index is 12.0. The Morgan fingerprint density at radius 2 is 2.21 bits per heavy atom. The Labute approximate surface area is 112 Å². The summed E-state index contributed by atoms with van der Waals surface area (Å²) in [5, 5.41) is 0. The number of nitrogens with one attached hydrogen (secondary N) is 1. The van der Waals surface area contributed by atoms with Crippen molar-refractivity contribution in [2.24, 2.45) is 0 Å². The minimum absolute atomic E-state index is 0.00321. The highest BCUT2D eigenvalue weighted by Gasteiger charge is 2.19. The molecule has 1 aromatic rings. The zero-order chi connectivity index (χ0) is 14.5. The molecule has 19 heavy (non-hydrogen) atoms. The molecule has 0 saturated carbocycles. The van der Waals surface area contributed by atoms with Crippen LogP contribution in [0.25, 0.3) is 0 Å². The predicted molar refractivity (Wildman–Crippen MR) is 70.8 cm³/mol. The molecule has 1 N–H and O–H groups in total. The summed E-state index contributed by atoms with van der Waals surface area (Å²) in [6.07, 6.45) is 3.06. The molecule has 1 aromatic heterocycles. The first kappa shape index (κ1) is 15.4. The lowest BCUT2D eigenvalue weighted by atomic mass is 10.3. The van der Waals surface area contributed by atoms with Gasteiger partial charge >= 0.3 is 16.2 Å². The summed E-state index contributed by atoms with van der Waals surface area (Å²) in [6.45, 7) is 1.80. The smallest absolute Gasteiger partial charge is 0.306 e. The molecule has 0 atom stereocenters. The Kier molecular flexibility index (Phi) is 5.25. The number of rotatable bonds is 6. The number of hydrogen-bond acceptors (Lipinski definition) is 5. The minimum Gasteiger partial charge on any atom is -0.469 e. The van der Waals surface area contributed by atoms with Crippen LogP contribution in [0.3, 0.4) is 0 Å². The van der Waals surface area contributed by atoms with Crippen molar-refractivity contribution in [1.82, 2.24) is 9.29 Å². The molecule has 0 radical (unpaired) electrons. The van der Waals surface area contributed by atoms with Gasteiger partial charge in [-0.05, 0) is 18.6 Å². The van der Waals surface area contributed by atoms with Gasteiger partial charge in [-0.15, -0.1) is 0 Å². The van der Waals surface area contributed by atoms with Gasteiger partial charge in [0.25, 0.3) is 0 Å². The number of pyridine rings is 1. The van der Waals surface area contributed by atoms with Gasteiger partial charge in [0.2, 0.25) is 0 Å². The summed E-state index contributed by atoms with van der Waals surface area (Å²) >= 11 is 0. The Balaban J connectivity index is 2.70. The van der Waals surface area contributed by atoms with Crippen molar-refractivity contribution < 1.29 is 17.9 Å². The molecule has 0 amide bonds. The van der Waals surface area contributed by atoms with Crippen LogP contribution in [-0.4, -0.2) is 44.4 Å². The van der Waals surface area contributed by atoms with Gasteiger partial charge in [-0.25, -0.2) is 0 Å². The van der Waals surface area contributed by atoms with Gasteiger partial charge in [-0.3, -0.25) is 14.5 Å². The van der Waals surface area contributed by atoms with Crippen molar-refractivity contribution >= 4 is 21.9 Å². The van der Waals surface area contributed by atoms with Crippen molar-refractivity contribution in [1.29, 1.82) is 0 Å². The van der Waals surface area contributed by atoms with Crippen molar-refractivity contribution in [3.05, 3.63) is 24.0 Å². The zero-order valence-corrected chi connectivity index (χ0v) is 11.9. The molecular formula is C11H17N3O4S. The van der Waals surface area contributed by atoms with Crippen molar-refractivity contribution in [2.45, 2.75) is 13.3 Å². The van der Waals surface area contributed by atoms with Gasteiger partial charge in [0.15, 0.2) is 0 Å². The van der Waals surface area contributed by atoms with Crippen LogP contribution >= 0.6 is 0 Å². The largest absolute Gasteiger partial charge is 0.469 e. The van der Waals surface area contributed by atoms with Gasteiger partial charge in [0.05, 0.1) is 19.2 Å². The molecule has 0 unspecified atom stereocenters. The fraction of sp³-hybridized carbons (Fsp3) is 0.455. The van der Waals surface area contributed by atoms with Crippen LogP contribution in [0.4, 0.5) is 5.69 Å². The Hall–Kier alpha value is -1.67. The van der Waals surface area contributed by atoms with Crippen LogP contribution in [0, 0.1) is 6.92 Å². The van der Waals surface area contributed by atoms with Gasteiger partial charge in [0.1, 0.15) is 0 Å². The molecule has 0 aromatic carbocycles. The number of ether oxygens (including phenoxy) is 1. The minimum atomic E-state index is -3.69. The number of esters is 1. The molecule has 1 rings (SSSR count). The highest BCUT2D eigenvalue weighted by atomic mass is 32.2. The first-order chi connectivity index (χ1) is 8.86. The second-order valence-electron chi connectivity index (χ2n) is 3.95. The molecule has 106 valence electrons. The van der Waals surface area contributed by atoms with Gasteiger partial charge in [-0.2, -0.15) is 12.7 Å². The number of anilines is 1. The third-order valence-corrected chi connectivity index (χ3v) is 4.01. The van der Waals surface area contributed by atoms with Crippen LogP contribution in [0.2, 0.25) is 0 Å². The molecule has 1 heterocycles. The van der Waals surface area contributed by atoms with Gasteiger partial charge in [0, 0.05) is 26.0 Å². The van der Waals surface area contributed by atoms with Crippen LogP contribution in [0.5, 0.6) is 0 Å². The summed E-state index contributed by atoms with van der Waals surface area (Å²) in [7, 11) is -1.04. The fourth-order valence-corrected chi connectivity index (χ4v) is 2.27. The third kappa shape index (κ3) is 4.49. The predicted octanol–water partition coefficient (Wildman–Crippen LogP) is 0.542. The average molecular weight is 287 g/mol. The first-order valence-electron chi connectivity index (χ1n) is 5.58. The van der Waals surface area contributed by atoms with E-state index in [9.17, 15) is 13.2 Å². The molecule has 0 aliphatic heterocycles. The standard InChI is InChI=1S/C11H17N3O4S/c1-9-8-12-6-4-10(9)13-19(16,17)14(2)7-5-11(15)18-3/h4,6,8H,5,7H2,1-3H3,(H,12,13). The maximum Gasteiger partial charge on any atom is 0.306 e. The number of hydrogen-bond donors (Lipinski definition) is 1. The highest BCUT2D eigenvalue weighted by Crippen LogP contribution is 2.14. The fourth-order valence-electron chi connectivity index (χ4n) is 1.28. The van der Waals surface area contributed by atoms with E-state index in [1.54, 1.807) is 19.2 Å². The summed E-state index contributed by atoms with van der Waals surface area (Å²) in [5.74, 6) is -0.456. The second kappa shape index (κ2) is 6.48. The van der Waals surface area contributed by atoms with E-state index in [1.807, 2.05) is 0 Å². The molecule has 0 fully saturated rings. The number of carbonyl (C=O) groups excluding carboxylic acids is 1.